The molecule has 2 aliphatic heterocycles. The molecule has 1 aromatic rings. The van der Waals surface area contributed by atoms with Gasteiger partial charge in [0.05, 0.1) is 12.5 Å². The van der Waals surface area contributed by atoms with E-state index in [1.807, 2.05) is 23.1 Å². The normalized spacial score (nSPS) is 20.6. The maximum atomic E-state index is 13.3. The first-order valence-electron chi connectivity index (χ1n) is 10.6. The number of hydrogen-bond acceptors (Lipinski definition) is 3. The standard InChI is InChI=1S/C23H34N2O3/c1-18(2)21(19-7-5-4-6-8-19)22(27)24-13-11-23(12-14-24)10-9-20(26)25(17-23)15-16-28-3/h4-8,18,21H,9-17H2,1-3H3/t21-/m1/s1. The predicted octanol–water partition coefficient (Wildman–Crippen LogP) is 3.30. The molecule has 2 amide bonds. The molecule has 1 atom stereocenters. The zero-order valence-corrected chi connectivity index (χ0v) is 17.5. The minimum Gasteiger partial charge on any atom is -0.383 e. The molecule has 2 saturated heterocycles. The number of hydrogen-bond donors (Lipinski definition) is 0. The molecule has 0 saturated carbocycles. The third kappa shape index (κ3) is 4.57. The highest BCUT2D eigenvalue weighted by Crippen LogP contribution is 2.41. The van der Waals surface area contributed by atoms with E-state index < -0.39 is 0 Å². The van der Waals surface area contributed by atoms with Crippen molar-refractivity contribution in [2.45, 2.75) is 45.4 Å². The van der Waals surface area contributed by atoms with Gasteiger partial charge in [-0.3, -0.25) is 9.59 Å². The van der Waals surface area contributed by atoms with Crippen molar-refractivity contribution in [1.82, 2.24) is 9.80 Å². The van der Waals surface area contributed by atoms with Crippen LogP contribution in [0.4, 0.5) is 0 Å². The van der Waals surface area contributed by atoms with Crippen LogP contribution in [0.15, 0.2) is 30.3 Å². The molecule has 0 aliphatic carbocycles. The summed E-state index contributed by atoms with van der Waals surface area (Å²) in [6.45, 7) is 7.90. The van der Waals surface area contributed by atoms with Gasteiger partial charge in [-0.15, -0.1) is 0 Å². The second-order valence-electron chi connectivity index (χ2n) is 8.77. The van der Waals surface area contributed by atoms with Crippen LogP contribution in [0.25, 0.3) is 0 Å². The fraction of sp³-hybridized carbons (Fsp3) is 0.652. The molecular weight excluding hydrogens is 352 g/mol. The predicted molar refractivity (Wildman–Crippen MR) is 110 cm³/mol. The lowest BCUT2D eigenvalue weighted by atomic mass is 9.72. The number of carbonyl (C=O) groups is 2. The summed E-state index contributed by atoms with van der Waals surface area (Å²) < 4.78 is 5.16. The number of ether oxygens (including phenoxy) is 1. The van der Waals surface area contributed by atoms with Gasteiger partial charge in [0.2, 0.25) is 11.8 Å². The molecule has 0 aromatic heterocycles. The number of nitrogens with zero attached hydrogens (tertiary/aromatic N) is 2. The summed E-state index contributed by atoms with van der Waals surface area (Å²) in [5, 5.41) is 0. The van der Waals surface area contributed by atoms with Crippen molar-refractivity contribution < 1.29 is 14.3 Å². The van der Waals surface area contributed by atoms with Crippen LogP contribution in [0.5, 0.6) is 0 Å². The van der Waals surface area contributed by atoms with E-state index in [0.717, 1.165) is 44.5 Å². The second-order valence-corrected chi connectivity index (χ2v) is 8.77. The summed E-state index contributed by atoms with van der Waals surface area (Å²) in [4.78, 5) is 29.6. The first-order valence-corrected chi connectivity index (χ1v) is 10.6. The first kappa shape index (κ1) is 20.8. The molecule has 28 heavy (non-hydrogen) atoms. The lowest BCUT2D eigenvalue weighted by molar-refractivity contribution is -0.144. The van der Waals surface area contributed by atoms with E-state index >= 15 is 0 Å². The Hall–Kier alpha value is -1.88. The maximum Gasteiger partial charge on any atom is 0.230 e. The van der Waals surface area contributed by atoms with Crippen LogP contribution < -0.4 is 0 Å². The van der Waals surface area contributed by atoms with Crippen LogP contribution in [-0.2, 0) is 14.3 Å². The van der Waals surface area contributed by atoms with Crippen LogP contribution in [0.3, 0.4) is 0 Å². The third-order valence-corrected chi connectivity index (χ3v) is 6.54. The van der Waals surface area contributed by atoms with Gasteiger partial charge in [-0.2, -0.15) is 0 Å². The molecule has 5 nitrogen and oxygen atoms in total. The number of piperidine rings is 2. The minimum absolute atomic E-state index is 0.0821. The van der Waals surface area contributed by atoms with E-state index in [9.17, 15) is 9.59 Å². The maximum absolute atomic E-state index is 13.3. The van der Waals surface area contributed by atoms with Crippen molar-refractivity contribution in [2.24, 2.45) is 11.3 Å². The third-order valence-electron chi connectivity index (χ3n) is 6.54. The molecule has 2 heterocycles. The highest BCUT2D eigenvalue weighted by Gasteiger charge is 2.42. The Kier molecular flexibility index (Phi) is 6.76. The van der Waals surface area contributed by atoms with Crippen molar-refractivity contribution in [3.05, 3.63) is 35.9 Å². The van der Waals surface area contributed by atoms with Gasteiger partial charge in [0, 0.05) is 39.7 Å². The van der Waals surface area contributed by atoms with Gasteiger partial charge >= 0.3 is 0 Å². The van der Waals surface area contributed by atoms with Crippen LogP contribution in [0.1, 0.15) is 51.0 Å². The van der Waals surface area contributed by atoms with E-state index in [1.165, 1.54) is 0 Å². The van der Waals surface area contributed by atoms with E-state index in [4.69, 9.17) is 4.74 Å². The Morgan fingerprint density at radius 2 is 1.82 bits per heavy atom. The number of rotatable bonds is 6. The molecule has 0 unspecified atom stereocenters. The van der Waals surface area contributed by atoms with Crippen molar-refractivity contribution in [3.8, 4) is 0 Å². The Bertz CT molecular complexity index is 666. The number of methoxy groups -OCH3 is 1. The molecule has 3 rings (SSSR count). The zero-order chi connectivity index (χ0) is 20.1. The van der Waals surface area contributed by atoms with Gasteiger partial charge in [-0.1, -0.05) is 44.2 Å². The Labute approximate surface area is 169 Å². The second kappa shape index (κ2) is 9.08. The summed E-state index contributed by atoms with van der Waals surface area (Å²) in [7, 11) is 1.67. The molecule has 2 aliphatic rings. The van der Waals surface area contributed by atoms with Crippen molar-refractivity contribution in [2.75, 3.05) is 39.9 Å². The van der Waals surface area contributed by atoms with Gasteiger partial charge in [0.15, 0.2) is 0 Å². The first-order chi connectivity index (χ1) is 13.5. The fourth-order valence-corrected chi connectivity index (χ4v) is 4.79. The fourth-order valence-electron chi connectivity index (χ4n) is 4.79. The molecule has 0 bridgehead atoms. The van der Waals surface area contributed by atoms with Crippen LogP contribution >= 0.6 is 0 Å². The quantitative estimate of drug-likeness (QED) is 0.754. The number of benzene rings is 1. The van der Waals surface area contributed by atoms with Gasteiger partial charge < -0.3 is 14.5 Å². The van der Waals surface area contributed by atoms with E-state index in [1.54, 1.807) is 7.11 Å². The largest absolute Gasteiger partial charge is 0.383 e. The van der Waals surface area contributed by atoms with Gasteiger partial charge in [0.25, 0.3) is 0 Å². The molecule has 154 valence electrons. The molecule has 5 heteroatoms. The lowest BCUT2D eigenvalue weighted by Crippen LogP contribution is -2.53. The molecular formula is C23H34N2O3. The molecule has 0 radical (unpaired) electrons. The summed E-state index contributed by atoms with van der Waals surface area (Å²) in [6.07, 6.45) is 3.53. The number of amides is 2. The van der Waals surface area contributed by atoms with Gasteiger partial charge in [0.1, 0.15) is 0 Å². The van der Waals surface area contributed by atoms with Gasteiger partial charge in [-0.05, 0) is 36.2 Å². The monoisotopic (exact) mass is 386 g/mol. The lowest BCUT2D eigenvalue weighted by Gasteiger charge is -2.48. The van der Waals surface area contributed by atoms with Gasteiger partial charge in [-0.25, -0.2) is 0 Å². The number of carbonyl (C=O) groups excluding carboxylic acids is 2. The van der Waals surface area contributed by atoms with Crippen molar-refractivity contribution >= 4 is 11.8 Å². The topological polar surface area (TPSA) is 49.9 Å². The van der Waals surface area contributed by atoms with Crippen molar-refractivity contribution in [1.29, 1.82) is 0 Å². The smallest absolute Gasteiger partial charge is 0.230 e. The summed E-state index contributed by atoms with van der Waals surface area (Å²) >= 11 is 0. The van der Waals surface area contributed by atoms with E-state index in [2.05, 4.69) is 30.9 Å². The Morgan fingerprint density at radius 1 is 1.14 bits per heavy atom. The number of likely N-dealkylation sites (tertiary alicyclic amines) is 2. The molecule has 1 aromatic carbocycles. The van der Waals surface area contributed by atoms with Crippen LogP contribution in [0, 0.1) is 11.3 Å². The highest BCUT2D eigenvalue weighted by molar-refractivity contribution is 5.84. The van der Waals surface area contributed by atoms with Crippen LogP contribution in [0.2, 0.25) is 0 Å². The molecule has 2 fully saturated rings. The van der Waals surface area contributed by atoms with E-state index in [-0.39, 0.29) is 29.1 Å². The zero-order valence-electron chi connectivity index (χ0n) is 17.5. The Morgan fingerprint density at radius 3 is 2.43 bits per heavy atom. The van der Waals surface area contributed by atoms with Crippen LogP contribution in [-0.4, -0.2) is 61.5 Å². The summed E-state index contributed by atoms with van der Waals surface area (Å²) in [5.41, 5.74) is 1.27. The highest BCUT2D eigenvalue weighted by atomic mass is 16.5. The average Bonchev–Trinajstić information content (AvgIpc) is 2.70. The average molecular weight is 387 g/mol. The van der Waals surface area contributed by atoms with Crippen molar-refractivity contribution in [3.63, 3.8) is 0 Å². The SMILES string of the molecule is COCCN1CC2(CCC1=O)CCN(C(=O)[C@@H](c1ccccc1)C(C)C)CC2. The van der Waals surface area contributed by atoms with E-state index in [0.29, 0.717) is 19.6 Å². The summed E-state index contributed by atoms with van der Waals surface area (Å²) in [5.74, 6) is 0.674. The minimum atomic E-state index is -0.0821. The summed E-state index contributed by atoms with van der Waals surface area (Å²) in [6, 6.07) is 10.1. The molecule has 1 spiro atoms. The Balaban J connectivity index is 1.64. The molecule has 0 N–H and O–H groups in total.